The maximum atomic E-state index is 13.8. The van der Waals surface area contributed by atoms with Crippen molar-refractivity contribution in [1.29, 1.82) is 0 Å². The summed E-state index contributed by atoms with van der Waals surface area (Å²) in [6, 6.07) is 24.5. The second kappa shape index (κ2) is 18.8. The lowest BCUT2D eigenvalue weighted by Gasteiger charge is -2.47. The van der Waals surface area contributed by atoms with Crippen molar-refractivity contribution in [2.24, 2.45) is 11.8 Å². The molecule has 1 fully saturated rings. The number of Topliss-reactive ketones (excluding diaryl/α,β-unsaturated/α-hetero) is 1. The Kier molecular flexibility index (Phi) is 13.9. The van der Waals surface area contributed by atoms with Gasteiger partial charge in [0.05, 0.1) is 12.0 Å². The van der Waals surface area contributed by atoms with Crippen LogP contribution in [0.5, 0.6) is 5.75 Å². The van der Waals surface area contributed by atoms with Crippen molar-refractivity contribution in [3.05, 3.63) is 131 Å². The van der Waals surface area contributed by atoms with Crippen LogP contribution in [0.25, 0.3) is 0 Å². The molecule has 0 unspecified atom stereocenters. The van der Waals surface area contributed by atoms with Crippen LogP contribution in [0.2, 0.25) is 0 Å². The molecule has 0 spiro atoms. The molecule has 300 valence electrons. The predicted octanol–water partition coefficient (Wildman–Crippen LogP) is 7.31. The third-order valence-corrected chi connectivity index (χ3v) is 9.41. The first-order valence-corrected chi connectivity index (χ1v) is 19.0. The number of halogens is 2. The van der Waals surface area contributed by atoms with E-state index in [1.165, 1.54) is 48.5 Å². The van der Waals surface area contributed by atoms with Crippen LogP contribution in [0.3, 0.4) is 0 Å². The number of benzene rings is 4. The summed E-state index contributed by atoms with van der Waals surface area (Å²) >= 11 is 0. The number of β-lactam (4-membered cyclic amide) rings is 1. The van der Waals surface area contributed by atoms with E-state index < -0.39 is 65.7 Å². The molecule has 0 radical (unpaired) electrons. The molecule has 5 rings (SSSR count). The number of carbonyl (C=O) groups excluding carboxylic acids is 5. The molecule has 3 amide bonds. The van der Waals surface area contributed by atoms with Crippen molar-refractivity contribution in [3.63, 3.8) is 0 Å². The Morgan fingerprint density at radius 2 is 1.40 bits per heavy atom. The van der Waals surface area contributed by atoms with Gasteiger partial charge in [-0.1, -0.05) is 56.3 Å². The molecule has 4 atom stereocenters. The number of ketones is 1. The van der Waals surface area contributed by atoms with Crippen molar-refractivity contribution in [3.8, 4) is 5.75 Å². The number of nitrogens with one attached hydrogen (secondary N) is 2. The number of nitrogens with zero attached hydrogens (tertiary/aromatic N) is 1. The molecule has 2 N–H and O–H groups in total. The zero-order chi connectivity index (χ0) is 41.3. The summed E-state index contributed by atoms with van der Waals surface area (Å²) < 4.78 is 38.6. The molecule has 1 saturated heterocycles. The van der Waals surface area contributed by atoms with Gasteiger partial charge in [0, 0.05) is 24.1 Å². The fourth-order valence-corrected chi connectivity index (χ4v) is 6.70. The predicted molar refractivity (Wildman–Crippen MR) is 211 cm³/mol. The van der Waals surface area contributed by atoms with Crippen molar-refractivity contribution < 1.29 is 42.2 Å². The van der Waals surface area contributed by atoms with Gasteiger partial charge in [0.2, 0.25) is 11.8 Å². The van der Waals surface area contributed by atoms with E-state index in [4.69, 9.17) is 9.47 Å². The maximum absolute atomic E-state index is 13.8. The Hall–Kier alpha value is -5.91. The van der Waals surface area contributed by atoms with Gasteiger partial charge in [0.15, 0.2) is 12.4 Å². The standard InChI is InChI=1S/C45H49F2N3O7/c1-28(2)25-37(42(53)49-38(44(55)57-45(3,4)5)26-29-9-7-6-8-10-29)48-40(52)27-56-35-21-13-31(14-22-35)41-36(23-24-39(51)30-11-15-32(46)16-12-30)43(54)50(41)34-19-17-33(47)18-20-34/h6-22,28,36-38,41H,23-27H2,1-5H3,(H,48,52)(H,49,53)/t36-,37-,38-,41-/m1/s1. The van der Waals surface area contributed by atoms with Crippen LogP contribution in [-0.4, -0.2) is 53.8 Å². The minimum atomic E-state index is -0.986. The summed E-state index contributed by atoms with van der Waals surface area (Å²) in [4.78, 5) is 67.8. The molecule has 0 saturated carbocycles. The van der Waals surface area contributed by atoms with Gasteiger partial charge in [-0.25, -0.2) is 13.6 Å². The van der Waals surface area contributed by atoms with Crippen LogP contribution in [0.4, 0.5) is 14.5 Å². The number of esters is 1. The highest BCUT2D eigenvalue weighted by Gasteiger charge is 2.48. The average molecular weight is 782 g/mol. The highest BCUT2D eigenvalue weighted by Crippen LogP contribution is 2.46. The highest BCUT2D eigenvalue weighted by molar-refractivity contribution is 6.04. The van der Waals surface area contributed by atoms with Crippen LogP contribution >= 0.6 is 0 Å². The van der Waals surface area contributed by atoms with E-state index in [0.717, 1.165) is 11.1 Å². The van der Waals surface area contributed by atoms with Gasteiger partial charge in [0.1, 0.15) is 35.1 Å². The Labute approximate surface area is 331 Å². The summed E-state index contributed by atoms with van der Waals surface area (Å²) in [7, 11) is 0. The smallest absolute Gasteiger partial charge is 0.329 e. The Bertz CT molecular complexity index is 2020. The molecule has 4 aromatic carbocycles. The van der Waals surface area contributed by atoms with Gasteiger partial charge in [0.25, 0.3) is 5.91 Å². The van der Waals surface area contributed by atoms with Gasteiger partial charge in [-0.05, 0) is 111 Å². The lowest BCUT2D eigenvalue weighted by Crippen LogP contribution is -2.55. The van der Waals surface area contributed by atoms with Gasteiger partial charge >= 0.3 is 5.97 Å². The molecule has 1 aliphatic rings. The Morgan fingerprint density at radius 3 is 2.00 bits per heavy atom. The molecule has 0 aliphatic carbocycles. The number of rotatable bonds is 17. The van der Waals surface area contributed by atoms with E-state index in [-0.39, 0.29) is 36.9 Å². The van der Waals surface area contributed by atoms with E-state index in [1.54, 1.807) is 49.9 Å². The minimum Gasteiger partial charge on any atom is -0.484 e. The molecule has 12 heteroatoms. The molecule has 1 heterocycles. The molecule has 0 aromatic heterocycles. The van der Waals surface area contributed by atoms with Crippen molar-refractivity contribution in [1.82, 2.24) is 10.6 Å². The van der Waals surface area contributed by atoms with Crippen LogP contribution in [0, 0.1) is 23.5 Å². The summed E-state index contributed by atoms with van der Waals surface area (Å²) in [6.45, 7) is 8.68. The largest absolute Gasteiger partial charge is 0.484 e. The summed E-state index contributed by atoms with van der Waals surface area (Å²) in [6.07, 6.45) is 0.816. The average Bonchev–Trinajstić information content (AvgIpc) is 3.16. The fourth-order valence-electron chi connectivity index (χ4n) is 6.70. The monoisotopic (exact) mass is 781 g/mol. The van der Waals surface area contributed by atoms with Crippen molar-refractivity contribution in [2.75, 3.05) is 11.5 Å². The SMILES string of the molecule is CC(C)C[C@@H](NC(=O)COc1ccc([C@@H]2[C@@H](CCC(=O)c3ccc(F)cc3)C(=O)N2c2ccc(F)cc2)cc1)C(=O)N[C@H](Cc1ccccc1)C(=O)OC(C)(C)C. The number of amides is 3. The Morgan fingerprint density at radius 1 is 0.789 bits per heavy atom. The third-order valence-electron chi connectivity index (χ3n) is 9.41. The first kappa shape index (κ1) is 42.2. The van der Waals surface area contributed by atoms with Gasteiger partial charge < -0.3 is 25.0 Å². The summed E-state index contributed by atoms with van der Waals surface area (Å²) in [5.74, 6) is -3.15. The summed E-state index contributed by atoms with van der Waals surface area (Å²) in [5.41, 5.74) is 1.64. The van der Waals surface area contributed by atoms with Crippen LogP contribution in [0.15, 0.2) is 103 Å². The number of ether oxygens (including phenoxy) is 2. The van der Waals surface area contributed by atoms with E-state index in [9.17, 15) is 32.8 Å². The van der Waals surface area contributed by atoms with E-state index in [2.05, 4.69) is 10.6 Å². The fraction of sp³-hybridized carbons (Fsp3) is 0.356. The van der Waals surface area contributed by atoms with Crippen LogP contribution in [-0.2, 0) is 30.3 Å². The normalized spacial score (nSPS) is 16.3. The summed E-state index contributed by atoms with van der Waals surface area (Å²) in [5, 5.41) is 5.56. The molecular formula is C45H49F2N3O7. The van der Waals surface area contributed by atoms with Gasteiger partial charge in [-0.3, -0.25) is 19.2 Å². The van der Waals surface area contributed by atoms with E-state index in [1.807, 2.05) is 44.2 Å². The van der Waals surface area contributed by atoms with E-state index in [0.29, 0.717) is 23.4 Å². The maximum Gasteiger partial charge on any atom is 0.329 e. The quantitative estimate of drug-likeness (QED) is 0.0653. The lowest BCUT2D eigenvalue weighted by molar-refractivity contribution is -0.158. The molecule has 10 nitrogen and oxygen atoms in total. The number of anilines is 1. The number of hydrogen-bond acceptors (Lipinski definition) is 7. The lowest BCUT2D eigenvalue weighted by atomic mass is 9.78. The molecule has 4 aromatic rings. The van der Waals surface area contributed by atoms with Crippen molar-refractivity contribution >= 4 is 35.2 Å². The van der Waals surface area contributed by atoms with Crippen LogP contribution < -0.4 is 20.3 Å². The number of carbonyl (C=O) groups is 5. The topological polar surface area (TPSA) is 131 Å². The second-order valence-electron chi connectivity index (χ2n) is 15.6. The molecule has 57 heavy (non-hydrogen) atoms. The molecular weight excluding hydrogens is 733 g/mol. The first-order chi connectivity index (χ1) is 27.1. The first-order valence-electron chi connectivity index (χ1n) is 19.0. The van der Waals surface area contributed by atoms with Crippen LogP contribution in [0.1, 0.15) is 81.4 Å². The Balaban J connectivity index is 1.23. The van der Waals surface area contributed by atoms with Crippen molar-refractivity contribution in [2.45, 2.75) is 84.0 Å². The zero-order valence-electron chi connectivity index (χ0n) is 32.8. The second-order valence-corrected chi connectivity index (χ2v) is 15.6. The highest BCUT2D eigenvalue weighted by atomic mass is 19.1. The third kappa shape index (κ3) is 11.8. The molecule has 1 aliphatic heterocycles. The van der Waals surface area contributed by atoms with Gasteiger partial charge in [-0.15, -0.1) is 0 Å². The zero-order valence-corrected chi connectivity index (χ0v) is 32.8. The van der Waals surface area contributed by atoms with E-state index >= 15 is 0 Å². The number of hydrogen-bond donors (Lipinski definition) is 2. The minimum absolute atomic E-state index is 0.0290. The molecule has 0 bridgehead atoms. The van der Waals surface area contributed by atoms with Gasteiger partial charge in [-0.2, -0.15) is 0 Å².